The zero-order chi connectivity index (χ0) is 27.7. The summed E-state index contributed by atoms with van der Waals surface area (Å²) in [6.07, 6.45) is 0.783. The quantitative estimate of drug-likeness (QED) is 0.200. The van der Waals surface area contributed by atoms with E-state index in [9.17, 15) is 9.59 Å². The zero-order valence-electron chi connectivity index (χ0n) is 22.3. The first kappa shape index (κ1) is 26.9. The first-order chi connectivity index (χ1) is 19.5. The molecule has 0 aliphatic heterocycles. The predicted octanol–water partition coefficient (Wildman–Crippen LogP) is 6.97. The molecule has 0 heterocycles. The molecule has 2 atom stereocenters. The fourth-order valence-electron chi connectivity index (χ4n) is 4.75. The third kappa shape index (κ3) is 7.03. The second-order valence-corrected chi connectivity index (χ2v) is 10.0. The maximum atomic E-state index is 13.2. The number of rotatable bonds is 10. The van der Waals surface area contributed by atoms with Gasteiger partial charge in [0.25, 0.3) is 0 Å². The molecule has 0 saturated carbocycles. The van der Waals surface area contributed by atoms with Crippen LogP contribution in [0.5, 0.6) is 0 Å². The molecule has 5 aromatic carbocycles. The lowest BCUT2D eigenvalue weighted by Crippen LogP contribution is -2.45. The van der Waals surface area contributed by atoms with Crippen LogP contribution < -0.4 is 5.32 Å². The van der Waals surface area contributed by atoms with E-state index in [0.29, 0.717) is 12.8 Å². The van der Waals surface area contributed by atoms with E-state index >= 15 is 0 Å². The molecule has 4 heteroatoms. The van der Waals surface area contributed by atoms with Crippen molar-refractivity contribution in [1.82, 2.24) is 5.32 Å². The molecule has 0 unspecified atom stereocenters. The van der Waals surface area contributed by atoms with Crippen molar-refractivity contribution < 1.29 is 14.3 Å². The van der Waals surface area contributed by atoms with Crippen LogP contribution in [-0.4, -0.2) is 17.9 Å². The highest BCUT2D eigenvalue weighted by atomic mass is 16.5. The number of nitrogens with one attached hydrogen (secondary N) is 1. The van der Waals surface area contributed by atoms with Gasteiger partial charge in [-0.25, -0.2) is 4.79 Å². The standard InChI is InChI=1S/C36H32NO3/c1-26(22-27-16-19-32(20-17-27)30-12-6-3-7-13-30)35(38)37-34(36(39)40-25-28-10-4-2-5-11-28)24-29-18-21-31-14-8-9-15-33(31)23-29/h2-21,23,26,34H,1,22,24-25H2,(H,37,38)/t26-,34-/m0/s1. The normalized spacial score (nSPS) is 12.4. The first-order valence-electron chi connectivity index (χ1n) is 13.5. The summed E-state index contributed by atoms with van der Waals surface area (Å²) in [5, 5.41) is 5.13. The van der Waals surface area contributed by atoms with Crippen molar-refractivity contribution in [3.8, 4) is 11.1 Å². The molecular weight excluding hydrogens is 494 g/mol. The number of fused-ring (bicyclic) bond motifs is 1. The predicted molar refractivity (Wildman–Crippen MR) is 160 cm³/mol. The van der Waals surface area contributed by atoms with E-state index in [4.69, 9.17) is 4.74 Å². The monoisotopic (exact) mass is 526 g/mol. The van der Waals surface area contributed by atoms with Gasteiger partial charge in [-0.05, 0) is 51.9 Å². The highest BCUT2D eigenvalue weighted by molar-refractivity contribution is 5.87. The molecule has 0 bridgehead atoms. The molecule has 5 aromatic rings. The molecule has 0 aromatic heterocycles. The average molecular weight is 527 g/mol. The maximum Gasteiger partial charge on any atom is 0.329 e. The molecule has 1 N–H and O–H groups in total. The van der Waals surface area contributed by atoms with Gasteiger partial charge in [0.2, 0.25) is 5.91 Å². The summed E-state index contributed by atoms with van der Waals surface area (Å²) in [6, 6.07) is 41.1. The number of hydrogen-bond donors (Lipinski definition) is 1. The smallest absolute Gasteiger partial charge is 0.329 e. The number of carbonyl (C=O) groups excluding carboxylic acids is 2. The van der Waals surface area contributed by atoms with Gasteiger partial charge < -0.3 is 10.1 Å². The van der Waals surface area contributed by atoms with E-state index in [2.05, 4.69) is 42.6 Å². The van der Waals surface area contributed by atoms with Crippen LogP contribution in [0.25, 0.3) is 21.9 Å². The van der Waals surface area contributed by atoms with Gasteiger partial charge in [-0.1, -0.05) is 127 Å². The summed E-state index contributed by atoms with van der Waals surface area (Å²) in [4.78, 5) is 26.5. The Labute approximate surface area is 235 Å². The fourth-order valence-corrected chi connectivity index (χ4v) is 4.75. The Morgan fingerprint density at radius 3 is 1.95 bits per heavy atom. The third-order valence-electron chi connectivity index (χ3n) is 6.99. The summed E-state index contributed by atoms with van der Waals surface area (Å²) in [5.41, 5.74) is 5.10. The number of amides is 1. The third-order valence-corrected chi connectivity index (χ3v) is 6.99. The Bertz CT molecular complexity index is 1560. The lowest BCUT2D eigenvalue weighted by Gasteiger charge is -2.21. The van der Waals surface area contributed by atoms with E-state index in [1.165, 1.54) is 0 Å². The minimum absolute atomic E-state index is 0.144. The van der Waals surface area contributed by atoms with Crippen molar-refractivity contribution in [2.24, 2.45) is 5.92 Å². The number of carbonyl (C=O) groups is 2. The van der Waals surface area contributed by atoms with Crippen molar-refractivity contribution >= 4 is 22.6 Å². The average Bonchev–Trinajstić information content (AvgIpc) is 3.00. The van der Waals surface area contributed by atoms with Gasteiger partial charge >= 0.3 is 5.97 Å². The van der Waals surface area contributed by atoms with Crippen LogP contribution in [0, 0.1) is 12.8 Å². The van der Waals surface area contributed by atoms with E-state index in [1.54, 1.807) is 0 Å². The van der Waals surface area contributed by atoms with Crippen LogP contribution in [0.4, 0.5) is 0 Å². The Balaban J connectivity index is 1.27. The minimum Gasteiger partial charge on any atom is -0.459 e. The zero-order valence-corrected chi connectivity index (χ0v) is 22.3. The summed E-state index contributed by atoms with van der Waals surface area (Å²) in [6.45, 7) is 4.25. The molecule has 0 spiro atoms. The number of ether oxygens (including phenoxy) is 1. The lowest BCUT2D eigenvalue weighted by molar-refractivity contribution is -0.149. The molecule has 5 rings (SSSR count). The molecular formula is C36H32NO3. The van der Waals surface area contributed by atoms with Crippen LogP contribution in [0.2, 0.25) is 0 Å². The van der Waals surface area contributed by atoms with E-state index in [1.807, 2.05) is 97.1 Å². The van der Waals surface area contributed by atoms with Crippen LogP contribution in [0.1, 0.15) is 16.7 Å². The van der Waals surface area contributed by atoms with Gasteiger partial charge in [0.1, 0.15) is 12.6 Å². The van der Waals surface area contributed by atoms with Crippen molar-refractivity contribution in [2.45, 2.75) is 25.5 Å². The Morgan fingerprint density at radius 2 is 1.23 bits per heavy atom. The molecule has 40 heavy (non-hydrogen) atoms. The molecule has 1 amide bonds. The summed E-state index contributed by atoms with van der Waals surface area (Å²) < 4.78 is 5.63. The van der Waals surface area contributed by atoms with Crippen molar-refractivity contribution in [3.63, 3.8) is 0 Å². The van der Waals surface area contributed by atoms with Crippen molar-refractivity contribution in [1.29, 1.82) is 0 Å². The molecule has 1 radical (unpaired) electrons. The highest BCUT2D eigenvalue weighted by Crippen LogP contribution is 2.21. The second kappa shape index (κ2) is 12.9. The lowest BCUT2D eigenvalue weighted by atomic mass is 9.96. The van der Waals surface area contributed by atoms with Gasteiger partial charge in [-0.15, -0.1) is 0 Å². The topological polar surface area (TPSA) is 55.4 Å². The van der Waals surface area contributed by atoms with Crippen LogP contribution in [0.15, 0.2) is 127 Å². The molecule has 4 nitrogen and oxygen atoms in total. The van der Waals surface area contributed by atoms with Crippen LogP contribution >= 0.6 is 0 Å². The molecule has 0 fully saturated rings. The molecule has 0 aliphatic carbocycles. The van der Waals surface area contributed by atoms with Gasteiger partial charge in [-0.3, -0.25) is 4.79 Å². The molecule has 0 aliphatic rings. The number of benzene rings is 5. The van der Waals surface area contributed by atoms with E-state index in [0.717, 1.165) is 38.6 Å². The highest BCUT2D eigenvalue weighted by Gasteiger charge is 2.25. The van der Waals surface area contributed by atoms with Gasteiger partial charge in [-0.2, -0.15) is 0 Å². The fraction of sp³-hybridized carbons (Fsp3) is 0.139. The maximum absolute atomic E-state index is 13.2. The summed E-state index contributed by atoms with van der Waals surface area (Å²) in [7, 11) is 0. The largest absolute Gasteiger partial charge is 0.459 e. The van der Waals surface area contributed by atoms with Gasteiger partial charge in [0.05, 0.1) is 0 Å². The first-order valence-corrected chi connectivity index (χ1v) is 13.5. The van der Waals surface area contributed by atoms with E-state index in [-0.39, 0.29) is 12.5 Å². The Hall–Kier alpha value is -4.70. The summed E-state index contributed by atoms with van der Waals surface area (Å²) in [5.74, 6) is -1.32. The minimum atomic E-state index is -0.831. The van der Waals surface area contributed by atoms with Gasteiger partial charge in [0, 0.05) is 12.3 Å². The SMILES string of the molecule is [CH2][C@@H](Cc1ccc(-c2ccccc2)cc1)C(=O)N[C@@H](Cc1ccc2ccccc2c1)C(=O)OCc1ccccc1. The Morgan fingerprint density at radius 1 is 0.625 bits per heavy atom. The van der Waals surface area contributed by atoms with E-state index < -0.39 is 17.9 Å². The van der Waals surface area contributed by atoms with Crippen molar-refractivity contribution in [2.75, 3.05) is 0 Å². The van der Waals surface area contributed by atoms with Crippen LogP contribution in [-0.2, 0) is 33.8 Å². The van der Waals surface area contributed by atoms with Gasteiger partial charge in [0.15, 0.2) is 0 Å². The number of hydrogen-bond acceptors (Lipinski definition) is 3. The Kier molecular flexibility index (Phi) is 8.67. The molecule has 0 saturated heterocycles. The molecule has 199 valence electrons. The summed E-state index contributed by atoms with van der Waals surface area (Å²) >= 11 is 0. The second-order valence-electron chi connectivity index (χ2n) is 10.0. The van der Waals surface area contributed by atoms with Crippen molar-refractivity contribution in [3.05, 3.63) is 151 Å². The van der Waals surface area contributed by atoms with Crippen LogP contribution in [0.3, 0.4) is 0 Å². The number of esters is 1.